The normalized spacial score (nSPS) is 15.0. The molecule has 27 heavy (non-hydrogen) atoms. The van der Waals surface area contributed by atoms with E-state index in [1.165, 1.54) is 16.8 Å². The number of aryl methyl sites for hydroxylation is 1. The van der Waals surface area contributed by atoms with Crippen molar-refractivity contribution in [3.05, 3.63) is 58.1 Å². The van der Waals surface area contributed by atoms with Gasteiger partial charge in [0.05, 0.1) is 0 Å². The Morgan fingerprint density at radius 3 is 2.44 bits per heavy atom. The lowest BCUT2D eigenvalue weighted by atomic mass is 10.1. The van der Waals surface area contributed by atoms with Crippen molar-refractivity contribution in [3.63, 3.8) is 0 Å². The number of amides is 1. The number of rotatable bonds is 5. The molecule has 0 radical (unpaired) electrons. The quantitative estimate of drug-likeness (QED) is 0.827. The number of hydrogen-bond donors (Lipinski definition) is 1. The Kier molecular flexibility index (Phi) is 6.40. The van der Waals surface area contributed by atoms with E-state index in [0.717, 1.165) is 44.0 Å². The van der Waals surface area contributed by atoms with E-state index in [-0.39, 0.29) is 5.91 Å². The molecule has 2 aromatic rings. The third kappa shape index (κ3) is 4.82. The van der Waals surface area contributed by atoms with Crippen LogP contribution in [-0.4, -0.2) is 43.5 Å². The van der Waals surface area contributed by atoms with E-state index in [9.17, 15) is 4.79 Å². The van der Waals surface area contributed by atoms with Gasteiger partial charge in [-0.25, -0.2) is 0 Å². The molecule has 0 saturated carbocycles. The first-order chi connectivity index (χ1) is 13.0. The van der Waals surface area contributed by atoms with Crippen molar-refractivity contribution in [2.75, 3.05) is 42.9 Å². The molecule has 1 fully saturated rings. The van der Waals surface area contributed by atoms with E-state index in [4.69, 9.17) is 11.6 Å². The third-order valence-electron chi connectivity index (χ3n) is 5.49. The van der Waals surface area contributed by atoms with Gasteiger partial charge in [-0.05, 0) is 55.7 Å². The van der Waals surface area contributed by atoms with Gasteiger partial charge in [0.2, 0.25) is 5.91 Å². The highest BCUT2D eigenvalue weighted by atomic mass is 35.5. The summed E-state index contributed by atoms with van der Waals surface area (Å²) in [4.78, 5) is 17.1. The smallest absolute Gasteiger partial charge is 0.225 e. The van der Waals surface area contributed by atoms with E-state index >= 15 is 0 Å². The van der Waals surface area contributed by atoms with Gasteiger partial charge in [0.15, 0.2) is 0 Å². The summed E-state index contributed by atoms with van der Waals surface area (Å²) in [6.07, 6.45) is 0.495. The summed E-state index contributed by atoms with van der Waals surface area (Å²) < 4.78 is 0. The van der Waals surface area contributed by atoms with Gasteiger partial charge in [-0.15, -0.1) is 0 Å². The maximum absolute atomic E-state index is 12.3. The van der Waals surface area contributed by atoms with Crippen LogP contribution in [0.15, 0.2) is 36.4 Å². The van der Waals surface area contributed by atoms with Gasteiger partial charge in [0.25, 0.3) is 0 Å². The molecule has 1 aliphatic rings. The lowest BCUT2D eigenvalue weighted by Crippen LogP contribution is -2.47. The van der Waals surface area contributed by atoms with Crippen LogP contribution >= 0.6 is 11.6 Å². The van der Waals surface area contributed by atoms with Crippen LogP contribution in [0.4, 0.5) is 11.4 Å². The molecule has 1 heterocycles. The first kappa shape index (κ1) is 19.7. The topological polar surface area (TPSA) is 35.6 Å². The number of hydrogen-bond acceptors (Lipinski definition) is 3. The number of halogens is 1. The molecule has 0 aromatic heterocycles. The van der Waals surface area contributed by atoms with Crippen LogP contribution in [0.2, 0.25) is 5.02 Å². The molecule has 3 rings (SSSR count). The summed E-state index contributed by atoms with van der Waals surface area (Å²) in [6.45, 7) is 11.0. The first-order valence-corrected chi connectivity index (χ1v) is 9.92. The number of piperazine rings is 1. The standard InChI is InChI=1S/C22H28ClN3O/c1-16-6-4-9-21(17(16)2)26-14-12-25(13-15-26)11-10-22(27)24-20-8-5-7-19(23)18(20)3/h4-9H,10-15H2,1-3H3,(H,24,27). The SMILES string of the molecule is Cc1cccc(N2CCN(CCC(=O)Nc3cccc(Cl)c3C)CC2)c1C. The zero-order valence-corrected chi connectivity index (χ0v) is 17.1. The molecule has 5 heteroatoms. The van der Waals surface area contributed by atoms with Crippen molar-refractivity contribution in [1.82, 2.24) is 4.90 Å². The summed E-state index contributed by atoms with van der Waals surface area (Å²) >= 11 is 6.12. The van der Waals surface area contributed by atoms with E-state index in [0.29, 0.717) is 11.4 Å². The molecule has 1 N–H and O–H groups in total. The molecule has 0 atom stereocenters. The molecule has 2 aromatic carbocycles. The van der Waals surface area contributed by atoms with Gasteiger partial charge in [-0.2, -0.15) is 0 Å². The Morgan fingerprint density at radius 2 is 1.70 bits per heavy atom. The third-order valence-corrected chi connectivity index (χ3v) is 5.90. The zero-order chi connectivity index (χ0) is 19.4. The highest BCUT2D eigenvalue weighted by Gasteiger charge is 2.19. The fraction of sp³-hybridized carbons (Fsp3) is 0.409. The van der Waals surface area contributed by atoms with Crippen LogP contribution in [0, 0.1) is 20.8 Å². The fourth-order valence-electron chi connectivity index (χ4n) is 3.51. The molecular weight excluding hydrogens is 358 g/mol. The van der Waals surface area contributed by atoms with Crippen molar-refractivity contribution in [1.29, 1.82) is 0 Å². The van der Waals surface area contributed by atoms with Gasteiger partial charge < -0.3 is 10.2 Å². The fourth-order valence-corrected chi connectivity index (χ4v) is 3.68. The number of nitrogens with zero attached hydrogens (tertiary/aromatic N) is 2. The van der Waals surface area contributed by atoms with E-state index in [1.807, 2.05) is 25.1 Å². The minimum atomic E-state index is 0.0392. The second kappa shape index (κ2) is 8.77. The van der Waals surface area contributed by atoms with Crippen molar-refractivity contribution in [3.8, 4) is 0 Å². The molecular formula is C22H28ClN3O. The minimum Gasteiger partial charge on any atom is -0.369 e. The molecule has 1 saturated heterocycles. The molecule has 1 amide bonds. The minimum absolute atomic E-state index is 0.0392. The highest BCUT2D eigenvalue weighted by Crippen LogP contribution is 2.24. The molecule has 0 spiro atoms. The Bertz CT molecular complexity index is 813. The number of nitrogens with one attached hydrogen (secondary N) is 1. The lowest BCUT2D eigenvalue weighted by molar-refractivity contribution is -0.116. The highest BCUT2D eigenvalue weighted by molar-refractivity contribution is 6.31. The van der Waals surface area contributed by atoms with Crippen LogP contribution in [0.5, 0.6) is 0 Å². The maximum Gasteiger partial charge on any atom is 0.225 e. The number of benzene rings is 2. The average molecular weight is 386 g/mol. The van der Waals surface area contributed by atoms with Gasteiger partial charge >= 0.3 is 0 Å². The molecule has 0 bridgehead atoms. The molecule has 0 aliphatic carbocycles. The van der Waals surface area contributed by atoms with Gasteiger partial charge in [0.1, 0.15) is 0 Å². The predicted molar refractivity (Wildman–Crippen MR) is 114 cm³/mol. The van der Waals surface area contributed by atoms with Crippen LogP contribution in [0.25, 0.3) is 0 Å². The Balaban J connectivity index is 1.47. The molecule has 1 aliphatic heterocycles. The van der Waals surface area contributed by atoms with Gasteiger partial charge in [0, 0.05) is 55.5 Å². The van der Waals surface area contributed by atoms with E-state index in [1.54, 1.807) is 0 Å². The van der Waals surface area contributed by atoms with Gasteiger partial charge in [-0.1, -0.05) is 29.8 Å². The largest absolute Gasteiger partial charge is 0.369 e. The number of carbonyl (C=O) groups is 1. The summed E-state index contributed by atoms with van der Waals surface area (Å²) in [5.41, 5.74) is 5.75. The lowest BCUT2D eigenvalue weighted by Gasteiger charge is -2.37. The Labute approximate surface area is 167 Å². The average Bonchev–Trinajstić information content (AvgIpc) is 2.66. The zero-order valence-electron chi connectivity index (χ0n) is 16.4. The summed E-state index contributed by atoms with van der Waals surface area (Å²) in [5, 5.41) is 3.65. The second-order valence-corrected chi connectivity index (χ2v) is 7.67. The molecule has 4 nitrogen and oxygen atoms in total. The number of anilines is 2. The van der Waals surface area contributed by atoms with Gasteiger partial charge in [-0.3, -0.25) is 9.69 Å². The van der Waals surface area contributed by atoms with Crippen LogP contribution in [-0.2, 0) is 4.79 Å². The van der Waals surface area contributed by atoms with Crippen molar-refractivity contribution >= 4 is 28.9 Å². The molecule has 144 valence electrons. The number of carbonyl (C=O) groups excluding carboxylic acids is 1. The monoisotopic (exact) mass is 385 g/mol. The van der Waals surface area contributed by atoms with Crippen LogP contribution in [0.3, 0.4) is 0 Å². The second-order valence-electron chi connectivity index (χ2n) is 7.26. The molecule has 0 unspecified atom stereocenters. The first-order valence-electron chi connectivity index (χ1n) is 9.54. The van der Waals surface area contributed by atoms with Crippen molar-refractivity contribution in [2.24, 2.45) is 0 Å². The summed E-state index contributed by atoms with van der Waals surface area (Å²) in [6, 6.07) is 12.1. The van der Waals surface area contributed by atoms with Crippen LogP contribution in [0.1, 0.15) is 23.1 Å². The summed E-state index contributed by atoms with van der Waals surface area (Å²) in [7, 11) is 0. The Hall–Kier alpha value is -2.04. The van der Waals surface area contributed by atoms with Crippen molar-refractivity contribution < 1.29 is 4.79 Å². The van der Waals surface area contributed by atoms with E-state index in [2.05, 4.69) is 47.2 Å². The summed E-state index contributed by atoms with van der Waals surface area (Å²) in [5.74, 6) is 0.0392. The van der Waals surface area contributed by atoms with Crippen LogP contribution < -0.4 is 10.2 Å². The van der Waals surface area contributed by atoms with Crippen molar-refractivity contribution in [2.45, 2.75) is 27.2 Å². The Morgan fingerprint density at radius 1 is 1.00 bits per heavy atom. The van der Waals surface area contributed by atoms with E-state index < -0.39 is 0 Å². The maximum atomic E-state index is 12.3. The predicted octanol–water partition coefficient (Wildman–Crippen LogP) is 4.42.